The zero-order valence-corrected chi connectivity index (χ0v) is 18.7. The van der Waals surface area contributed by atoms with Crippen molar-refractivity contribution < 1.29 is 35.7 Å². The Morgan fingerprint density at radius 1 is 0.938 bits per heavy atom. The molecule has 0 saturated heterocycles. The molecule has 0 aromatic heterocycles. The van der Waals surface area contributed by atoms with Gasteiger partial charge in [-0.2, -0.15) is 26.3 Å². The largest absolute Gasteiger partial charge is 0.417 e. The Labute approximate surface area is 184 Å². The van der Waals surface area contributed by atoms with Crippen LogP contribution in [-0.2, 0) is 16.9 Å². The van der Waals surface area contributed by atoms with E-state index in [0.29, 0.717) is 17.4 Å². The molecule has 176 valence electrons. The van der Waals surface area contributed by atoms with Crippen LogP contribution in [0.1, 0.15) is 61.0 Å². The van der Waals surface area contributed by atoms with Crippen molar-refractivity contribution in [1.29, 1.82) is 0 Å². The van der Waals surface area contributed by atoms with Crippen molar-refractivity contribution in [3.05, 3.63) is 59.2 Å². The summed E-state index contributed by atoms with van der Waals surface area (Å²) < 4.78 is 87.6. The van der Waals surface area contributed by atoms with Gasteiger partial charge in [-0.15, -0.1) is 0 Å². The number of benzene rings is 2. The molecule has 0 heterocycles. The van der Waals surface area contributed by atoms with E-state index in [-0.39, 0.29) is 24.1 Å². The van der Waals surface area contributed by atoms with Gasteiger partial charge in [-0.3, -0.25) is 4.79 Å². The van der Waals surface area contributed by atoms with E-state index in [2.05, 4.69) is 0 Å². The van der Waals surface area contributed by atoms with Crippen LogP contribution in [0.2, 0.25) is 0 Å². The predicted octanol–water partition coefficient (Wildman–Crippen LogP) is 7.12. The number of aldehydes is 1. The molecule has 2 aromatic carbocycles. The van der Waals surface area contributed by atoms with E-state index in [4.69, 9.17) is 4.52 Å². The molecule has 32 heavy (non-hydrogen) atoms. The molecule has 0 fully saturated rings. The Morgan fingerprint density at radius 2 is 1.50 bits per heavy atom. The van der Waals surface area contributed by atoms with Gasteiger partial charge in [0.1, 0.15) is 0 Å². The molecule has 2 nitrogen and oxygen atoms in total. The fourth-order valence-electron chi connectivity index (χ4n) is 3.29. The predicted molar refractivity (Wildman–Crippen MR) is 114 cm³/mol. The molecule has 0 spiro atoms. The van der Waals surface area contributed by atoms with Gasteiger partial charge in [-0.25, -0.2) is 0 Å². The van der Waals surface area contributed by atoms with E-state index in [1.807, 2.05) is 13.8 Å². The van der Waals surface area contributed by atoms with Crippen molar-refractivity contribution in [2.45, 2.75) is 51.9 Å². The highest BCUT2D eigenvalue weighted by atomic mass is 31.1. The van der Waals surface area contributed by atoms with Gasteiger partial charge in [0.2, 0.25) is 0 Å². The molecule has 0 aliphatic rings. The van der Waals surface area contributed by atoms with Crippen LogP contribution in [0.15, 0.2) is 42.5 Å². The average molecular weight is 478 g/mol. The zero-order chi connectivity index (χ0) is 23.9. The number of halogens is 6. The number of rotatable bonds is 10. The second-order valence-corrected chi connectivity index (χ2v) is 9.29. The summed E-state index contributed by atoms with van der Waals surface area (Å²) in [5.74, 6) is 0.141. The molecule has 0 amide bonds. The number of alkyl halides is 6. The lowest BCUT2D eigenvalue weighted by Crippen LogP contribution is -2.24. The molecular weight excluding hydrogens is 453 g/mol. The molecule has 2 atom stereocenters. The highest BCUT2D eigenvalue weighted by molar-refractivity contribution is 7.68. The molecule has 0 saturated carbocycles. The number of carbonyl (C=O) groups excluding carboxylic acids is 1. The number of unbranched alkanes of at least 4 members (excludes halogenated alkanes) is 1. The number of hydrogen-bond donors (Lipinski definition) is 0. The molecule has 0 bridgehead atoms. The van der Waals surface area contributed by atoms with Crippen molar-refractivity contribution in [3.8, 4) is 0 Å². The Kier molecular flexibility index (Phi) is 9.28. The van der Waals surface area contributed by atoms with Crippen molar-refractivity contribution in [3.63, 3.8) is 0 Å². The lowest BCUT2D eigenvalue weighted by atomic mass is 10.0. The van der Waals surface area contributed by atoms with Gasteiger partial charge in [-0.05, 0) is 24.5 Å². The number of hydrogen-bond acceptors (Lipinski definition) is 2. The van der Waals surface area contributed by atoms with Crippen LogP contribution in [0.3, 0.4) is 0 Å². The molecule has 2 aromatic rings. The van der Waals surface area contributed by atoms with Gasteiger partial charge in [0.05, 0.1) is 25.9 Å². The van der Waals surface area contributed by atoms with E-state index in [0.717, 1.165) is 25.7 Å². The number of carbonyl (C=O) groups is 1. The van der Waals surface area contributed by atoms with E-state index in [1.165, 1.54) is 0 Å². The first-order chi connectivity index (χ1) is 15.0. The van der Waals surface area contributed by atoms with Crippen LogP contribution >= 0.6 is 8.15 Å². The van der Waals surface area contributed by atoms with Gasteiger partial charge in [0.15, 0.2) is 6.29 Å². The maximum absolute atomic E-state index is 13.6. The summed E-state index contributed by atoms with van der Waals surface area (Å²) in [5, 5.41) is 0.259. The van der Waals surface area contributed by atoms with E-state index >= 15 is 0 Å². The smallest absolute Gasteiger partial charge is 0.349 e. The Bertz CT molecular complexity index is 845. The Morgan fingerprint density at radius 3 is 1.94 bits per heavy atom. The van der Waals surface area contributed by atoms with E-state index in [9.17, 15) is 31.1 Å². The fourth-order valence-corrected chi connectivity index (χ4v) is 5.18. The maximum Gasteiger partial charge on any atom is 0.417 e. The van der Waals surface area contributed by atoms with Crippen molar-refractivity contribution >= 4 is 25.0 Å². The van der Waals surface area contributed by atoms with Crippen LogP contribution in [0.25, 0.3) is 0 Å². The highest BCUT2D eigenvalue weighted by Crippen LogP contribution is 2.43. The molecule has 0 radical (unpaired) electrons. The average Bonchev–Trinajstić information content (AvgIpc) is 2.74. The topological polar surface area (TPSA) is 26.3 Å². The van der Waals surface area contributed by atoms with Gasteiger partial charge in [0, 0.05) is 16.2 Å². The third-order valence-corrected chi connectivity index (χ3v) is 7.00. The lowest BCUT2D eigenvalue weighted by molar-refractivity contribution is -0.143. The molecule has 2 rings (SSSR count). The quantitative estimate of drug-likeness (QED) is 0.207. The summed E-state index contributed by atoms with van der Waals surface area (Å²) in [6.45, 7) is 4.22. The molecule has 9 heteroatoms. The SMILES string of the molecule is CCCCC(CC)COP(c1ccccc1)c1cc(C(F)(F)F)c(C=O)c(C(F)(F)F)c1. The van der Waals surface area contributed by atoms with Crippen LogP contribution < -0.4 is 10.6 Å². The first-order valence-electron chi connectivity index (χ1n) is 10.3. The lowest BCUT2D eigenvalue weighted by Gasteiger charge is -2.25. The third kappa shape index (κ3) is 6.79. The van der Waals surface area contributed by atoms with Gasteiger partial charge in [0.25, 0.3) is 0 Å². The van der Waals surface area contributed by atoms with E-state index < -0.39 is 37.2 Å². The maximum atomic E-state index is 13.6. The summed E-state index contributed by atoms with van der Waals surface area (Å²) >= 11 is 0. The summed E-state index contributed by atoms with van der Waals surface area (Å²) in [7, 11) is -1.96. The molecule has 0 aliphatic carbocycles. The molecular formula is C23H25F6O2P. The molecule has 0 N–H and O–H groups in total. The normalized spacial score (nSPS) is 14.2. The second kappa shape index (κ2) is 11.3. The van der Waals surface area contributed by atoms with Gasteiger partial charge in [-0.1, -0.05) is 63.4 Å². The standard InChI is InChI=1S/C23H25F6O2P/c1-3-5-9-16(4-2)15-31-32(17-10-7-6-8-11-17)18-12-20(22(24,25)26)19(14-30)21(13-18)23(27,28)29/h6-8,10-14,16H,3-5,9,15H2,1-2H3. The third-order valence-electron chi connectivity index (χ3n) is 5.10. The van der Waals surface area contributed by atoms with E-state index in [1.54, 1.807) is 30.3 Å². The Balaban J connectivity index is 2.61. The minimum atomic E-state index is -5.13. The fraction of sp³-hybridized carbons (Fsp3) is 0.435. The monoisotopic (exact) mass is 478 g/mol. The van der Waals surface area contributed by atoms with Crippen LogP contribution in [0.4, 0.5) is 26.3 Å². The van der Waals surface area contributed by atoms with Crippen LogP contribution in [0, 0.1) is 5.92 Å². The molecule has 0 aliphatic heterocycles. The van der Waals surface area contributed by atoms with Crippen molar-refractivity contribution in [2.75, 3.05) is 6.61 Å². The Hall–Kier alpha value is -1.92. The first-order valence-corrected chi connectivity index (χ1v) is 11.5. The van der Waals surface area contributed by atoms with Crippen LogP contribution in [-0.4, -0.2) is 12.9 Å². The van der Waals surface area contributed by atoms with Crippen molar-refractivity contribution in [1.82, 2.24) is 0 Å². The second-order valence-electron chi connectivity index (χ2n) is 7.41. The molecule has 2 unspecified atom stereocenters. The summed E-state index contributed by atoms with van der Waals surface area (Å²) in [6.07, 6.45) is -7.08. The first kappa shape index (κ1) is 26.3. The van der Waals surface area contributed by atoms with Gasteiger partial charge >= 0.3 is 12.4 Å². The minimum absolute atomic E-state index is 0.141. The van der Waals surface area contributed by atoms with Gasteiger partial charge < -0.3 is 4.52 Å². The zero-order valence-electron chi connectivity index (χ0n) is 17.8. The van der Waals surface area contributed by atoms with Crippen molar-refractivity contribution in [2.24, 2.45) is 5.92 Å². The summed E-state index contributed by atoms with van der Waals surface area (Å²) in [6, 6.07) is 9.47. The summed E-state index contributed by atoms with van der Waals surface area (Å²) in [4.78, 5) is 11.2. The summed E-state index contributed by atoms with van der Waals surface area (Å²) in [5.41, 5.74) is -4.63. The highest BCUT2D eigenvalue weighted by Gasteiger charge is 2.42. The minimum Gasteiger partial charge on any atom is -0.349 e. The van der Waals surface area contributed by atoms with Crippen LogP contribution in [0.5, 0.6) is 0 Å².